The second kappa shape index (κ2) is 7.61. The maximum Gasteiger partial charge on any atom is 0.416 e. The fraction of sp³-hybridized carbons (Fsp3) is 0.188. The van der Waals surface area contributed by atoms with Crippen molar-refractivity contribution in [2.75, 3.05) is 5.32 Å². The maximum atomic E-state index is 12.8. The number of nitro groups is 1. The van der Waals surface area contributed by atoms with Gasteiger partial charge >= 0.3 is 11.9 Å². The molecule has 0 aliphatic rings. The Labute approximate surface area is 150 Å². The highest BCUT2D eigenvalue weighted by atomic mass is 35.5. The summed E-state index contributed by atoms with van der Waals surface area (Å²) in [6, 6.07) is 7.90. The number of nitrogens with one attached hydrogen (secondary N) is 1. The number of amides is 1. The molecule has 2 aromatic carbocycles. The van der Waals surface area contributed by atoms with Crippen molar-refractivity contribution in [2.24, 2.45) is 0 Å². The molecule has 0 bridgehead atoms. The van der Waals surface area contributed by atoms with Gasteiger partial charge in [0.2, 0.25) is 0 Å². The Morgan fingerprint density at radius 1 is 1.27 bits per heavy atom. The standard InChI is InChI=1S/C16H12ClF3N2O4/c1-9(26-14-5-3-2-4-13(14)22(24)25)15(23)21-12-8-10(16(18,19)20)6-7-11(12)17/h2-9H,1H3,(H,21,23)/t9-/m0/s1. The van der Waals surface area contributed by atoms with E-state index in [9.17, 15) is 28.1 Å². The predicted octanol–water partition coefficient (Wildman–Crippen LogP) is 4.67. The Morgan fingerprint density at radius 3 is 2.54 bits per heavy atom. The lowest BCUT2D eigenvalue weighted by atomic mass is 10.2. The fourth-order valence-electron chi connectivity index (χ4n) is 1.98. The minimum Gasteiger partial charge on any atom is -0.474 e. The van der Waals surface area contributed by atoms with E-state index in [-0.39, 0.29) is 22.1 Å². The minimum atomic E-state index is -4.60. The Kier molecular flexibility index (Phi) is 5.71. The summed E-state index contributed by atoms with van der Waals surface area (Å²) in [6.45, 7) is 1.30. The zero-order valence-corrected chi connectivity index (χ0v) is 14.0. The van der Waals surface area contributed by atoms with Crippen molar-refractivity contribution in [1.29, 1.82) is 0 Å². The SMILES string of the molecule is C[C@H](Oc1ccccc1[N+](=O)[O-])C(=O)Nc1cc(C(F)(F)F)ccc1Cl. The number of benzene rings is 2. The molecule has 0 spiro atoms. The molecule has 2 rings (SSSR count). The van der Waals surface area contributed by atoms with Crippen molar-refractivity contribution >= 4 is 28.9 Å². The number of rotatable bonds is 5. The molecule has 0 radical (unpaired) electrons. The summed E-state index contributed by atoms with van der Waals surface area (Å²) < 4.78 is 43.5. The van der Waals surface area contributed by atoms with Gasteiger partial charge in [-0.1, -0.05) is 23.7 Å². The number of anilines is 1. The van der Waals surface area contributed by atoms with Gasteiger partial charge in [-0.25, -0.2) is 0 Å². The number of alkyl halides is 3. The Hall–Kier alpha value is -2.81. The number of hydrogen-bond acceptors (Lipinski definition) is 4. The van der Waals surface area contributed by atoms with E-state index in [1.807, 2.05) is 0 Å². The van der Waals surface area contributed by atoms with E-state index in [2.05, 4.69) is 5.32 Å². The first-order chi connectivity index (χ1) is 12.1. The van der Waals surface area contributed by atoms with Crippen LogP contribution < -0.4 is 10.1 Å². The molecule has 1 atom stereocenters. The van der Waals surface area contributed by atoms with Crippen LogP contribution in [0, 0.1) is 10.1 Å². The van der Waals surface area contributed by atoms with Crippen LogP contribution in [0.15, 0.2) is 42.5 Å². The van der Waals surface area contributed by atoms with Crippen LogP contribution >= 0.6 is 11.6 Å². The first-order valence-corrected chi connectivity index (χ1v) is 7.55. The maximum absolute atomic E-state index is 12.8. The summed E-state index contributed by atoms with van der Waals surface area (Å²) in [5.41, 5.74) is -1.57. The van der Waals surface area contributed by atoms with Crippen molar-refractivity contribution in [3.8, 4) is 5.75 Å². The molecule has 0 saturated heterocycles. The molecule has 0 fully saturated rings. The van der Waals surface area contributed by atoms with Crippen molar-refractivity contribution in [2.45, 2.75) is 19.2 Å². The van der Waals surface area contributed by atoms with E-state index >= 15 is 0 Å². The van der Waals surface area contributed by atoms with Crippen LogP contribution in [0.25, 0.3) is 0 Å². The van der Waals surface area contributed by atoms with Crippen LogP contribution in [0.5, 0.6) is 5.75 Å². The quantitative estimate of drug-likeness (QED) is 0.596. The van der Waals surface area contributed by atoms with Crippen LogP contribution in [-0.4, -0.2) is 16.9 Å². The second-order valence-corrected chi connectivity index (χ2v) is 5.57. The van der Waals surface area contributed by atoms with Crippen LogP contribution in [-0.2, 0) is 11.0 Å². The van der Waals surface area contributed by atoms with E-state index in [0.717, 1.165) is 12.1 Å². The van der Waals surface area contributed by atoms with E-state index in [0.29, 0.717) is 6.07 Å². The number of carbonyl (C=O) groups is 1. The van der Waals surface area contributed by atoms with Crippen LogP contribution in [0.4, 0.5) is 24.5 Å². The molecule has 138 valence electrons. The zero-order chi connectivity index (χ0) is 19.5. The second-order valence-electron chi connectivity index (χ2n) is 5.17. The molecule has 0 saturated carbocycles. The lowest BCUT2D eigenvalue weighted by molar-refractivity contribution is -0.386. The van der Waals surface area contributed by atoms with E-state index in [1.165, 1.54) is 31.2 Å². The lowest BCUT2D eigenvalue weighted by Crippen LogP contribution is -2.30. The van der Waals surface area contributed by atoms with Gasteiger partial charge in [-0.2, -0.15) is 13.2 Å². The fourth-order valence-corrected chi connectivity index (χ4v) is 2.15. The number of hydrogen-bond donors (Lipinski definition) is 1. The molecule has 1 amide bonds. The summed E-state index contributed by atoms with van der Waals surface area (Å²) in [4.78, 5) is 22.4. The van der Waals surface area contributed by atoms with Gasteiger partial charge in [-0.05, 0) is 31.2 Å². The van der Waals surface area contributed by atoms with E-state index < -0.39 is 28.7 Å². The summed E-state index contributed by atoms with van der Waals surface area (Å²) in [5, 5.41) is 13.1. The van der Waals surface area contributed by atoms with Gasteiger partial charge in [0.25, 0.3) is 5.91 Å². The molecule has 26 heavy (non-hydrogen) atoms. The molecule has 2 aromatic rings. The average Bonchev–Trinajstić information content (AvgIpc) is 2.56. The van der Waals surface area contributed by atoms with Crippen molar-refractivity contribution in [1.82, 2.24) is 0 Å². The van der Waals surface area contributed by atoms with Gasteiger partial charge in [0.15, 0.2) is 11.9 Å². The van der Waals surface area contributed by atoms with Gasteiger partial charge < -0.3 is 10.1 Å². The smallest absolute Gasteiger partial charge is 0.416 e. The molecule has 0 unspecified atom stereocenters. The van der Waals surface area contributed by atoms with Gasteiger partial charge in [0, 0.05) is 6.07 Å². The van der Waals surface area contributed by atoms with Crippen molar-refractivity contribution in [3.05, 3.63) is 63.2 Å². The largest absolute Gasteiger partial charge is 0.474 e. The molecule has 0 heterocycles. The molecule has 1 N–H and O–H groups in total. The molecule has 0 aliphatic carbocycles. The van der Waals surface area contributed by atoms with Crippen LogP contribution in [0.3, 0.4) is 0 Å². The van der Waals surface area contributed by atoms with Crippen molar-refractivity contribution in [3.63, 3.8) is 0 Å². The molecule has 6 nitrogen and oxygen atoms in total. The van der Waals surface area contributed by atoms with Gasteiger partial charge in [-0.3, -0.25) is 14.9 Å². The van der Waals surface area contributed by atoms with Gasteiger partial charge in [0.1, 0.15) is 0 Å². The minimum absolute atomic E-state index is 0.0933. The summed E-state index contributed by atoms with van der Waals surface area (Å²) in [7, 11) is 0. The lowest BCUT2D eigenvalue weighted by Gasteiger charge is -2.16. The number of nitro benzene ring substituents is 1. The summed E-state index contributed by atoms with van der Waals surface area (Å²) >= 11 is 5.81. The Balaban J connectivity index is 2.17. The highest BCUT2D eigenvalue weighted by Crippen LogP contribution is 2.34. The van der Waals surface area contributed by atoms with E-state index in [4.69, 9.17) is 16.3 Å². The van der Waals surface area contributed by atoms with E-state index in [1.54, 1.807) is 0 Å². The topological polar surface area (TPSA) is 81.5 Å². The first-order valence-electron chi connectivity index (χ1n) is 7.17. The molecular weight excluding hydrogens is 377 g/mol. The third-order valence-electron chi connectivity index (χ3n) is 3.29. The monoisotopic (exact) mass is 388 g/mol. The van der Waals surface area contributed by atoms with Gasteiger partial charge in [-0.15, -0.1) is 0 Å². The number of nitrogens with zero attached hydrogens (tertiary/aromatic N) is 1. The predicted molar refractivity (Wildman–Crippen MR) is 88.3 cm³/mol. The molecule has 0 aromatic heterocycles. The molecular formula is C16H12ClF3N2O4. The molecule has 10 heteroatoms. The zero-order valence-electron chi connectivity index (χ0n) is 13.2. The Morgan fingerprint density at radius 2 is 1.92 bits per heavy atom. The summed E-state index contributed by atoms with van der Waals surface area (Å²) in [5.74, 6) is -0.959. The first kappa shape index (κ1) is 19.5. The van der Waals surface area contributed by atoms with Crippen molar-refractivity contribution < 1.29 is 27.6 Å². The van der Waals surface area contributed by atoms with Crippen LogP contribution in [0.2, 0.25) is 5.02 Å². The summed E-state index contributed by atoms with van der Waals surface area (Å²) in [6.07, 6.45) is -5.82. The number of para-hydroxylation sites is 2. The molecule has 0 aliphatic heterocycles. The highest BCUT2D eigenvalue weighted by Gasteiger charge is 2.31. The third-order valence-corrected chi connectivity index (χ3v) is 3.62. The van der Waals surface area contributed by atoms with Gasteiger partial charge in [0.05, 0.1) is 21.2 Å². The average molecular weight is 389 g/mol. The number of halogens is 4. The normalized spacial score (nSPS) is 12.3. The Bertz CT molecular complexity index is 842. The third kappa shape index (κ3) is 4.63. The highest BCUT2D eigenvalue weighted by molar-refractivity contribution is 6.33. The number of carbonyl (C=O) groups excluding carboxylic acids is 1. The number of ether oxygens (including phenoxy) is 1. The van der Waals surface area contributed by atoms with Crippen LogP contribution in [0.1, 0.15) is 12.5 Å².